The smallest absolute Gasteiger partial charge is 1.00 e. The molecule has 0 aromatic carbocycles. The molecule has 1 rings (SSSR count). The molecule has 1 aliphatic rings. The standard InChI is InChI=1S/C8H18N.C5H5.2CH3.2ClH.Ti/c1-6-8(5,9)7(2,3)4;1-2-4-5-3-1;;;;;/h9H,6H2,1-5H3;1-5H;2*1H3;2*1H;/q-1;;;;;;+1/p-2. The number of nitrogens with one attached hydrogen (secondary N) is 1. The Bertz CT molecular complexity index is 320. The summed E-state index contributed by atoms with van der Waals surface area (Å²) < 4.78 is 4.77. The molecule has 0 spiro atoms. The number of hydrogen-bond acceptors (Lipinski definition) is 1. The Morgan fingerprint density at radius 2 is 1.42 bits per heavy atom. The molecule has 114 valence electrons. The van der Waals surface area contributed by atoms with Gasteiger partial charge in [0, 0.05) is 0 Å². The number of hydrogen-bond donors (Lipinski definition) is 1. The van der Waals surface area contributed by atoms with Crippen LogP contribution in [-0.2, 0) is 16.8 Å². The molecule has 0 heterocycles. The van der Waals surface area contributed by atoms with Gasteiger partial charge in [-0.15, -0.1) is 0 Å². The maximum absolute atomic E-state index is 4.09. The van der Waals surface area contributed by atoms with Crippen molar-refractivity contribution in [3.8, 4) is 0 Å². The maximum Gasteiger partial charge on any atom is -1.00 e. The first-order chi connectivity index (χ1) is 7.62. The number of rotatable bonds is 4. The molecule has 0 aromatic heterocycles. The Balaban J connectivity index is 0. The summed E-state index contributed by atoms with van der Waals surface area (Å²) in [6, 6.07) is 0. The summed E-state index contributed by atoms with van der Waals surface area (Å²) in [7, 11) is 0. The van der Waals surface area contributed by atoms with Crippen LogP contribution in [0.25, 0.3) is 0 Å². The van der Waals surface area contributed by atoms with E-state index in [1.807, 2.05) is 0 Å². The van der Waals surface area contributed by atoms with E-state index in [1.54, 1.807) is 0 Å². The predicted molar refractivity (Wildman–Crippen MR) is 75.0 cm³/mol. The third-order valence-electron chi connectivity index (χ3n) is 4.54. The molecule has 1 unspecified atom stereocenters. The van der Waals surface area contributed by atoms with Gasteiger partial charge in [0.15, 0.2) is 0 Å². The zero-order chi connectivity index (χ0) is 13.3. The molecule has 0 bridgehead atoms. The molecular formula is C15H29Cl2NTi-2. The van der Waals surface area contributed by atoms with E-state index in [-0.39, 0.29) is 30.4 Å². The van der Waals surface area contributed by atoms with Crippen LogP contribution in [0.2, 0.25) is 14.7 Å². The van der Waals surface area contributed by atoms with Crippen LogP contribution in [0.1, 0.15) is 41.0 Å². The summed E-state index contributed by atoms with van der Waals surface area (Å²) >= 11 is -2.01. The van der Waals surface area contributed by atoms with Gasteiger partial charge in [-0.3, -0.25) is 0 Å². The van der Waals surface area contributed by atoms with E-state index in [0.717, 1.165) is 0 Å². The number of halogens is 2. The van der Waals surface area contributed by atoms with Gasteiger partial charge in [0.05, 0.1) is 0 Å². The molecule has 0 amide bonds. The van der Waals surface area contributed by atoms with Crippen molar-refractivity contribution in [2.24, 2.45) is 5.41 Å². The third-order valence-corrected chi connectivity index (χ3v) is 9.61. The van der Waals surface area contributed by atoms with Gasteiger partial charge in [-0.05, 0) is 0 Å². The first-order valence-corrected chi connectivity index (χ1v) is 11.6. The maximum atomic E-state index is 4.09. The SMILES string of the molecule is CCC(C)([NH][Ti]([CH3])([CH3])[CH]1C=CC=C1)C(C)(C)C.[Cl-].[Cl-]. The van der Waals surface area contributed by atoms with E-state index < -0.39 is 16.8 Å². The number of allylic oxidation sites excluding steroid dienone is 4. The fourth-order valence-corrected chi connectivity index (χ4v) is 7.71. The molecule has 1 aliphatic carbocycles. The summed E-state index contributed by atoms with van der Waals surface area (Å²) in [5, 5.41) is 4.98. The van der Waals surface area contributed by atoms with Gasteiger partial charge in [-0.1, -0.05) is 0 Å². The minimum atomic E-state index is -2.01. The minimum Gasteiger partial charge on any atom is -1.00 e. The molecule has 0 aliphatic heterocycles. The second-order valence-electron chi connectivity index (χ2n) is 7.08. The molecule has 0 saturated carbocycles. The topological polar surface area (TPSA) is 12.0 Å². The third kappa shape index (κ3) is 5.21. The van der Waals surface area contributed by atoms with Crippen LogP contribution < -0.4 is 28.6 Å². The monoisotopic (exact) mass is 341 g/mol. The Kier molecular flexibility index (Phi) is 8.88. The second kappa shape index (κ2) is 7.66. The first kappa shape index (κ1) is 22.0. The van der Waals surface area contributed by atoms with Crippen molar-refractivity contribution in [3.63, 3.8) is 0 Å². The van der Waals surface area contributed by atoms with Crippen LogP contribution in [0.5, 0.6) is 0 Å². The van der Waals surface area contributed by atoms with Crippen LogP contribution in [0.3, 0.4) is 0 Å². The quantitative estimate of drug-likeness (QED) is 0.639. The Morgan fingerprint density at radius 3 is 1.74 bits per heavy atom. The Morgan fingerprint density at radius 1 is 1.00 bits per heavy atom. The van der Waals surface area contributed by atoms with E-state index >= 15 is 0 Å². The summed E-state index contributed by atoms with van der Waals surface area (Å²) in [6.45, 7) is 11.7. The fourth-order valence-electron chi connectivity index (χ4n) is 2.51. The van der Waals surface area contributed by atoms with Gasteiger partial charge >= 0.3 is 112 Å². The van der Waals surface area contributed by atoms with Crippen LogP contribution in [0.15, 0.2) is 24.3 Å². The van der Waals surface area contributed by atoms with Crippen molar-refractivity contribution in [2.45, 2.75) is 61.3 Å². The van der Waals surface area contributed by atoms with Crippen molar-refractivity contribution in [1.29, 1.82) is 0 Å². The van der Waals surface area contributed by atoms with Crippen molar-refractivity contribution in [2.75, 3.05) is 0 Å². The van der Waals surface area contributed by atoms with Gasteiger partial charge < -0.3 is 24.8 Å². The molecule has 1 N–H and O–H groups in total. The van der Waals surface area contributed by atoms with Gasteiger partial charge in [-0.2, -0.15) is 0 Å². The zero-order valence-corrected chi connectivity index (χ0v) is 16.4. The van der Waals surface area contributed by atoms with Gasteiger partial charge in [0.25, 0.3) is 0 Å². The van der Waals surface area contributed by atoms with Crippen LogP contribution in [0, 0.1) is 5.41 Å². The molecule has 0 radical (unpaired) electrons. The largest absolute Gasteiger partial charge is 1.00 e. The summed E-state index contributed by atoms with van der Waals surface area (Å²) in [5.74, 6) is 0. The van der Waals surface area contributed by atoms with E-state index in [2.05, 4.69) is 73.2 Å². The van der Waals surface area contributed by atoms with Crippen molar-refractivity contribution >= 4 is 0 Å². The minimum absolute atomic E-state index is 0. The van der Waals surface area contributed by atoms with Crippen molar-refractivity contribution in [3.05, 3.63) is 24.3 Å². The van der Waals surface area contributed by atoms with E-state index in [0.29, 0.717) is 9.64 Å². The molecule has 0 aromatic rings. The molecule has 1 nitrogen and oxygen atoms in total. The van der Waals surface area contributed by atoms with Gasteiger partial charge in [0.2, 0.25) is 0 Å². The zero-order valence-electron chi connectivity index (χ0n) is 13.3. The van der Waals surface area contributed by atoms with Gasteiger partial charge in [-0.25, -0.2) is 0 Å². The average molecular weight is 342 g/mol. The Labute approximate surface area is 136 Å². The normalized spacial score (nSPS) is 18.7. The fraction of sp³-hybridized carbons (Fsp3) is 0.733. The van der Waals surface area contributed by atoms with Crippen LogP contribution >= 0.6 is 0 Å². The summed E-state index contributed by atoms with van der Waals surface area (Å²) in [4.78, 5) is 0. The van der Waals surface area contributed by atoms with Crippen LogP contribution in [0.4, 0.5) is 0 Å². The van der Waals surface area contributed by atoms with Crippen molar-refractivity contribution in [1.82, 2.24) is 3.80 Å². The second-order valence-corrected chi connectivity index (χ2v) is 13.9. The van der Waals surface area contributed by atoms with Crippen LogP contribution in [-0.4, -0.2) is 5.54 Å². The summed E-state index contributed by atoms with van der Waals surface area (Å²) in [5.41, 5.74) is 0.539. The van der Waals surface area contributed by atoms with E-state index in [4.69, 9.17) is 0 Å². The van der Waals surface area contributed by atoms with E-state index in [1.165, 1.54) is 6.42 Å². The molecule has 1 atom stereocenters. The van der Waals surface area contributed by atoms with E-state index in [9.17, 15) is 0 Å². The molecule has 0 saturated heterocycles. The Hall–Kier alpha value is 0.734. The molecular weight excluding hydrogens is 313 g/mol. The van der Waals surface area contributed by atoms with Gasteiger partial charge in [0.1, 0.15) is 0 Å². The molecule has 19 heavy (non-hydrogen) atoms. The molecule has 4 heteroatoms. The van der Waals surface area contributed by atoms with Crippen molar-refractivity contribution < 1.29 is 41.7 Å². The first-order valence-electron chi connectivity index (χ1n) is 6.77. The summed E-state index contributed by atoms with van der Waals surface area (Å²) in [6.07, 6.45) is 10.3. The average Bonchev–Trinajstić information content (AvgIpc) is 2.68. The predicted octanol–water partition coefficient (Wildman–Crippen LogP) is -1.12. The molecule has 0 fully saturated rings.